The van der Waals surface area contributed by atoms with Crippen LogP contribution in [0.1, 0.15) is 18.4 Å². The Morgan fingerprint density at radius 3 is 2.55 bits per heavy atom. The van der Waals surface area contributed by atoms with Crippen molar-refractivity contribution in [3.63, 3.8) is 0 Å². The van der Waals surface area contributed by atoms with Crippen molar-refractivity contribution >= 4 is 5.69 Å². The Kier molecular flexibility index (Phi) is 6.91. The molecule has 8 heteroatoms. The first kappa shape index (κ1) is 20.5. The van der Waals surface area contributed by atoms with Crippen LogP contribution in [0.5, 0.6) is 5.75 Å². The molecule has 0 atom stereocenters. The molecule has 1 aromatic heterocycles. The third-order valence-electron chi connectivity index (χ3n) is 4.40. The summed E-state index contributed by atoms with van der Waals surface area (Å²) in [6.45, 7) is 2.05. The number of nitrogens with zero attached hydrogens (tertiary/aromatic N) is 3. The summed E-state index contributed by atoms with van der Waals surface area (Å²) in [4.78, 5) is 10.4. The average Bonchev–Trinajstić information content (AvgIpc) is 3.09. The maximum atomic E-state index is 12.8. The van der Waals surface area contributed by atoms with Gasteiger partial charge in [0, 0.05) is 43.0 Å². The number of rotatable bonds is 10. The molecule has 3 aromatic rings. The van der Waals surface area contributed by atoms with Gasteiger partial charge in [-0.15, -0.1) is 0 Å². The maximum Gasteiger partial charge on any atom is 0.269 e. The molecule has 1 heterocycles. The Labute approximate surface area is 168 Å². The first-order valence-corrected chi connectivity index (χ1v) is 9.39. The van der Waals surface area contributed by atoms with Crippen molar-refractivity contribution in [1.29, 1.82) is 0 Å². The highest BCUT2D eigenvalue weighted by atomic mass is 19.1. The molecule has 0 spiro atoms. The Hall–Kier alpha value is -3.26. The number of nitro benzene ring substituents is 1. The van der Waals surface area contributed by atoms with Crippen molar-refractivity contribution in [3.8, 4) is 17.0 Å². The molecule has 0 saturated heterocycles. The van der Waals surface area contributed by atoms with Crippen LogP contribution in [0, 0.1) is 15.9 Å². The molecule has 152 valence electrons. The Balaban J connectivity index is 1.44. The number of aromatic nitrogens is 2. The van der Waals surface area contributed by atoms with Crippen molar-refractivity contribution in [1.82, 2.24) is 15.1 Å². The first-order chi connectivity index (χ1) is 14.0. The summed E-state index contributed by atoms with van der Waals surface area (Å²) in [5.74, 6) is 0.396. The molecular weight excluding hydrogens is 375 g/mol. The molecule has 3 rings (SSSR count). The van der Waals surface area contributed by atoms with Crippen LogP contribution in [0.3, 0.4) is 0 Å². The van der Waals surface area contributed by atoms with E-state index in [0.717, 1.165) is 36.2 Å². The molecule has 0 amide bonds. The molecule has 0 bridgehead atoms. The SMILES string of the molecule is Cn1cc(CNCCCCOc2ccc(F)cc2)c(-c2ccc([N+](=O)[O-])cc2)n1. The quantitative estimate of drug-likeness (QED) is 0.316. The molecule has 2 aromatic carbocycles. The monoisotopic (exact) mass is 398 g/mol. The molecule has 0 aliphatic rings. The minimum atomic E-state index is -0.412. The second-order valence-electron chi connectivity index (χ2n) is 6.67. The predicted octanol–water partition coefficient (Wildman–Crippen LogP) is 4.08. The van der Waals surface area contributed by atoms with E-state index in [0.29, 0.717) is 18.9 Å². The topological polar surface area (TPSA) is 82.2 Å². The Morgan fingerprint density at radius 1 is 1.14 bits per heavy atom. The molecule has 7 nitrogen and oxygen atoms in total. The van der Waals surface area contributed by atoms with Crippen LogP contribution >= 0.6 is 0 Å². The van der Waals surface area contributed by atoms with E-state index >= 15 is 0 Å². The van der Waals surface area contributed by atoms with Gasteiger partial charge in [0.1, 0.15) is 11.6 Å². The minimum Gasteiger partial charge on any atom is -0.494 e. The van der Waals surface area contributed by atoms with E-state index in [9.17, 15) is 14.5 Å². The number of halogens is 1. The first-order valence-electron chi connectivity index (χ1n) is 9.39. The van der Waals surface area contributed by atoms with Gasteiger partial charge in [-0.25, -0.2) is 4.39 Å². The lowest BCUT2D eigenvalue weighted by Crippen LogP contribution is -2.15. The largest absolute Gasteiger partial charge is 0.494 e. The summed E-state index contributed by atoms with van der Waals surface area (Å²) in [6.07, 6.45) is 3.77. The second-order valence-corrected chi connectivity index (χ2v) is 6.67. The van der Waals surface area contributed by atoms with E-state index in [4.69, 9.17) is 4.74 Å². The number of nitrogens with one attached hydrogen (secondary N) is 1. The van der Waals surface area contributed by atoms with Gasteiger partial charge in [-0.1, -0.05) is 0 Å². The zero-order chi connectivity index (χ0) is 20.6. The second kappa shape index (κ2) is 9.79. The van der Waals surface area contributed by atoms with Crippen LogP contribution < -0.4 is 10.1 Å². The van der Waals surface area contributed by atoms with Crippen LogP contribution in [0.2, 0.25) is 0 Å². The summed E-state index contributed by atoms with van der Waals surface area (Å²) in [5, 5.41) is 18.7. The van der Waals surface area contributed by atoms with Gasteiger partial charge in [0.15, 0.2) is 0 Å². The maximum absolute atomic E-state index is 12.8. The summed E-state index contributed by atoms with van der Waals surface area (Å²) in [6, 6.07) is 12.4. The number of aryl methyl sites for hydroxylation is 1. The smallest absolute Gasteiger partial charge is 0.269 e. The van der Waals surface area contributed by atoms with Gasteiger partial charge in [-0.3, -0.25) is 14.8 Å². The fourth-order valence-electron chi connectivity index (χ4n) is 2.95. The van der Waals surface area contributed by atoms with Gasteiger partial charge in [-0.05, 0) is 55.8 Å². The van der Waals surface area contributed by atoms with E-state index in [1.165, 1.54) is 24.3 Å². The molecule has 0 aliphatic heterocycles. The Morgan fingerprint density at radius 2 is 1.86 bits per heavy atom. The molecule has 1 N–H and O–H groups in total. The summed E-state index contributed by atoms with van der Waals surface area (Å²) in [5.41, 5.74) is 2.76. The molecule has 0 aliphatic carbocycles. The normalized spacial score (nSPS) is 10.8. The van der Waals surface area contributed by atoms with Gasteiger partial charge in [0.05, 0.1) is 17.2 Å². The van der Waals surface area contributed by atoms with E-state index in [1.54, 1.807) is 28.9 Å². The van der Waals surface area contributed by atoms with E-state index in [2.05, 4.69) is 10.4 Å². The lowest BCUT2D eigenvalue weighted by molar-refractivity contribution is -0.384. The fourth-order valence-corrected chi connectivity index (χ4v) is 2.95. The fraction of sp³-hybridized carbons (Fsp3) is 0.286. The third kappa shape index (κ3) is 5.86. The van der Waals surface area contributed by atoms with Gasteiger partial charge in [0.2, 0.25) is 0 Å². The zero-order valence-electron chi connectivity index (χ0n) is 16.2. The molecule has 29 heavy (non-hydrogen) atoms. The standard InChI is InChI=1S/C21H23FN4O3/c1-25-15-17(21(24-25)16-4-8-19(9-5-16)26(27)28)14-23-12-2-3-13-29-20-10-6-18(22)7-11-20/h4-11,15,23H,2-3,12-14H2,1H3. The van der Waals surface area contributed by atoms with Crippen molar-refractivity contribution in [2.24, 2.45) is 7.05 Å². The van der Waals surface area contributed by atoms with E-state index < -0.39 is 4.92 Å². The summed E-state index contributed by atoms with van der Waals surface area (Å²) >= 11 is 0. The van der Waals surface area contributed by atoms with Gasteiger partial charge >= 0.3 is 0 Å². The molecule has 0 unspecified atom stereocenters. The van der Waals surface area contributed by atoms with E-state index in [-0.39, 0.29) is 11.5 Å². The predicted molar refractivity (Wildman–Crippen MR) is 108 cm³/mol. The number of hydrogen-bond acceptors (Lipinski definition) is 5. The number of benzene rings is 2. The number of non-ortho nitro benzene ring substituents is 1. The lowest BCUT2D eigenvalue weighted by Gasteiger charge is -2.07. The summed E-state index contributed by atoms with van der Waals surface area (Å²) < 4.78 is 20.2. The lowest BCUT2D eigenvalue weighted by atomic mass is 10.1. The molecule has 0 radical (unpaired) electrons. The number of unbranched alkanes of at least 4 members (excludes halogenated alkanes) is 1. The van der Waals surface area contributed by atoms with Crippen LogP contribution in [0.25, 0.3) is 11.3 Å². The van der Waals surface area contributed by atoms with Crippen molar-refractivity contribution in [3.05, 3.63) is 76.2 Å². The van der Waals surface area contributed by atoms with Crippen LogP contribution in [-0.2, 0) is 13.6 Å². The van der Waals surface area contributed by atoms with Crippen LogP contribution in [0.15, 0.2) is 54.7 Å². The highest BCUT2D eigenvalue weighted by molar-refractivity contribution is 5.64. The minimum absolute atomic E-state index is 0.0622. The number of hydrogen-bond donors (Lipinski definition) is 1. The average molecular weight is 398 g/mol. The number of nitro groups is 1. The van der Waals surface area contributed by atoms with Gasteiger partial charge in [0.25, 0.3) is 5.69 Å². The third-order valence-corrected chi connectivity index (χ3v) is 4.40. The van der Waals surface area contributed by atoms with Crippen LogP contribution in [-0.4, -0.2) is 27.9 Å². The number of ether oxygens (including phenoxy) is 1. The highest BCUT2D eigenvalue weighted by Gasteiger charge is 2.12. The van der Waals surface area contributed by atoms with Crippen LogP contribution in [0.4, 0.5) is 10.1 Å². The van der Waals surface area contributed by atoms with Crippen molar-refractivity contribution < 1.29 is 14.1 Å². The zero-order valence-corrected chi connectivity index (χ0v) is 16.2. The molecule has 0 saturated carbocycles. The van der Waals surface area contributed by atoms with E-state index in [1.807, 2.05) is 13.2 Å². The molecular formula is C21H23FN4O3. The highest BCUT2D eigenvalue weighted by Crippen LogP contribution is 2.24. The summed E-state index contributed by atoms with van der Waals surface area (Å²) in [7, 11) is 1.85. The van der Waals surface area contributed by atoms with Crippen molar-refractivity contribution in [2.75, 3.05) is 13.2 Å². The van der Waals surface area contributed by atoms with Gasteiger partial charge < -0.3 is 10.1 Å². The molecule has 0 fully saturated rings. The van der Waals surface area contributed by atoms with Gasteiger partial charge in [-0.2, -0.15) is 5.10 Å². The van der Waals surface area contributed by atoms with Crippen molar-refractivity contribution in [2.45, 2.75) is 19.4 Å². The Bertz CT molecular complexity index is 940.